The highest BCUT2D eigenvalue weighted by Crippen LogP contribution is 2.21. The molecule has 1 saturated heterocycles. The van der Waals surface area contributed by atoms with Crippen molar-refractivity contribution in [2.45, 2.75) is 30.6 Å². The van der Waals surface area contributed by atoms with Crippen LogP contribution in [0.1, 0.15) is 25.7 Å². The van der Waals surface area contributed by atoms with Crippen molar-refractivity contribution in [3.8, 4) is 0 Å². The predicted molar refractivity (Wildman–Crippen MR) is 139 cm³/mol. The number of nitrogens with zero attached hydrogens (tertiary/aromatic N) is 3. The molecule has 2 aromatic carbocycles. The van der Waals surface area contributed by atoms with Crippen molar-refractivity contribution >= 4 is 27.7 Å². The molecule has 1 amide bonds. The van der Waals surface area contributed by atoms with Crippen LogP contribution in [0.25, 0.3) is 0 Å². The van der Waals surface area contributed by atoms with Crippen molar-refractivity contribution < 1.29 is 17.9 Å². The van der Waals surface area contributed by atoms with E-state index in [2.05, 4.69) is 9.64 Å². The molecular formula is C25H38ClN3O4S. The molecule has 7 nitrogen and oxygen atoms in total. The Balaban J connectivity index is 0.000000282. The fourth-order valence-electron chi connectivity index (χ4n) is 3.12. The van der Waals surface area contributed by atoms with Crippen LogP contribution >= 0.6 is 11.6 Å². The van der Waals surface area contributed by atoms with E-state index in [0.717, 1.165) is 38.8 Å². The first-order chi connectivity index (χ1) is 16.2. The largest absolute Gasteiger partial charge is 0.453 e. The summed E-state index contributed by atoms with van der Waals surface area (Å²) in [7, 11) is 3.85. The maximum Gasteiger partial charge on any atom is 0.409 e. The zero-order valence-corrected chi connectivity index (χ0v) is 22.3. The zero-order valence-electron chi connectivity index (χ0n) is 20.7. The third-order valence-electron chi connectivity index (χ3n) is 5.02. The van der Waals surface area contributed by atoms with Gasteiger partial charge >= 0.3 is 6.09 Å². The van der Waals surface area contributed by atoms with Crippen LogP contribution in [0.4, 0.5) is 4.79 Å². The number of methoxy groups -OCH3 is 1. The smallest absolute Gasteiger partial charge is 0.409 e. The second kappa shape index (κ2) is 16.5. The van der Waals surface area contributed by atoms with Crippen LogP contribution in [0, 0.1) is 0 Å². The summed E-state index contributed by atoms with van der Waals surface area (Å²) < 4.78 is 30.5. The number of halogens is 1. The molecule has 1 fully saturated rings. The quantitative estimate of drug-likeness (QED) is 0.555. The molecule has 190 valence electrons. The molecule has 2 aromatic rings. The Morgan fingerprint density at radius 3 is 1.85 bits per heavy atom. The first-order valence-electron chi connectivity index (χ1n) is 11.4. The van der Waals surface area contributed by atoms with Gasteiger partial charge in [0.05, 0.1) is 12.0 Å². The Morgan fingerprint density at radius 1 is 0.912 bits per heavy atom. The van der Waals surface area contributed by atoms with E-state index >= 15 is 0 Å². The normalized spacial score (nSPS) is 13.7. The van der Waals surface area contributed by atoms with Gasteiger partial charge in [-0.25, -0.2) is 13.2 Å². The SMILES string of the molecule is COC(=O)N(C)CCCN(C)C.O=S(=O)(c1ccc(Cl)cc1)N1CCCCC1.c1ccccc1. The molecule has 0 N–H and O–H groups in total. The van der Waals surface area contributed by atoms with E-state index in [0.29, 0.717) is 23.0 Å². The van der Waals surface area contributed by atoms with Gasteiger partial charge in [-0.1, -0.05) is 54.4 Å². The Kier molecular flexibility index (Phi) is 14.5. The Bertz CT molecular complexity index is 877. The van der Waals surface area contributed by atoms with E-state index in [1.54, 1.807) is 40.5 Å². The molecule has 0 aromatic heterocycles. The maximum absolute atomic E-state index is 12.2. The minimum atomic E-state index is -3.30. The summed E-state index contributed by atoms with van der Waals surface area (Å²) >= 11 is 5.74. The minimum absolute atomic E-state index is 0.270. The highest BCUT2D eigenvalue weighted by atomic mass is 35.5. The van der Waals surface area contributed by atoms with E-state index in [1.165, 1.54) is 7.11 Å². The lowest BCUT2D eigenvalue weighted by Crippen LogP contribution is -2.35. The van der Waals surface area contributed by atoms with Crippen molar-refractivity contribution in [3.63, 3.8) is 0 Å². The van der Waals surface area contributed by atoms with Crippen molar-refractivity contribution in [1.82, 2.24) is 14.1 Å². The topological polar surface area (TPSA) is 70.2 Å². The Morgan fingerprint density at radius 2 is 1.41 bits per heavy atom. The van der Waals surface area contributed by atoms with Crippen LogP contribution in [0.5, 0.6) is 0 Å². The van der Waals surface area contributed by atoms with Gasteiger partial charge in [0.15, 0.2) is 0 Å². The van der Waals surface area contributed by atoms with E-state index in [-0.39, 0.29) is 6.09 Å². The number of carbonyl (C=O) groups is 1. The molecule has 0 bridgehead atoms. The van der Waals surface area contributed by atoms with E-state index in [9.17, 15) is 13.2 Å². The molecule has 9 heteroatoms. The number of ether oxygens (including phenoxy) is 1. The van der Waals surface area contributed by atoms with Crippen molar-refractivity contribution in [2.75, 3.05) is 54.4 Å². The summed E-state index contributed by atoms with van der Waals surface area (Å²) in [5.41, 5.74) is 0. The minimum Gasteiger partial charge on any atom is -0.453 e. The number of amides is 1. The van der Waals surface area contributed by atoms with E-state index in [4.69, 9.17) is 11.6 Å². The first-order valence-corrected chi connectivity index (χ1v) is 13.2. The fourth-order valence-corrected chi connectivity index (χ4v) is 4.76. The molecule has 1 aliphatic heterocycles. The van der Waals surface area contributed by atoms with Crippen molar-refractivity contribution in [3.05, 3.63) is 65.7 Å². The lowest BCUT2D eigenvalue weighted by Gasteiger charge is -2.25. The molecule has 0 spiro atoms. The molecule has 0 radical (unpaired) electrons. The number of hydrogen-bond acceptors (Lipinski definition) is 5. The second-order valence-corrected chi connectivity index (χ2v) is 10.5. The van der Waals surface area contributed by atoms with Gasteiger partial charge in [0.25, 0.3) is 0 Å². The maximum atomic E-state index is 12.2. The summed E-state index contributed by atoms with van der Waals surface area (Å²) in [6, 6.07) is 18.3. The first kappa shape index (κ1) is 29.9. The van der Waals surface area contributed by atoms with Gasteiger partial charge in [-0.3, -0.25) is 0 Å². The molecule has 0 saturated carbocycles. The number of sulfonamides is 1. The van der Waals surface area contributed by atoms with E-state index in [1.807, 2.05) is 50.5 Å². The highest BCUT2D eigenvalue weighted by Gasteiger charge is 2.25. The van der Waals surface area contributed by atoms with Crippen LogP contribution in [0.3, 0.4) is 0 Å². The highest BCUT2D eigenvalue weighted by molar-refractivity contribution is 7.89. The summed E-state index contributed by atoms with van der Waals surface area (Å²) in [6.45, 7) is 2.99. The number of rotatable bonds is 6. The van der Waals surface area contributed by atoms with Gasteiger partial charge in [-0.05, 0) is 64.2 Å². The molecule has 1 aliphatic rings. The third kappa shape index (κ3) is 11.8. The molecule has 1 heterocycles. The molecular weight excluding hydrogens is 474 g/mol. The number of hydrogen-bond donors (Lipinski definition) is 0. The average Bonchev–Trinajstić information content (AvgIpc) is 2.86. The van der Waals surface area contributed by atoms with Crippen LogP contribution in [-0.4, -0.2) is 83.0 Å². The lowest BCUT2D eigenvalue weighted by molar-refractivity contribution is 0.132. The molecule has 0 unspecified atom stereocenters. The third-order valence-corrected chi connectivity index (χ3v) is 7.18. The molecule has 34 heavy (non-hydrogen) atoms. The fraction of sp³-hybridized carbons (Fsp3) is 0.480. The standard InChI is InChI=1S/C11H14ClNO2S.C8H18N2O2.C6H6/c12-10-4-6-11(7-5-10)16(14,15)13-8-2-1-3-9-13;1-9(2)6-5-7-10(3)8(11)12-4;1-2-4-6-5-3-1/h4-7H,1-3,8-9H2;5-7H2,1-4H3;1-6H. The molecule has 0 aliphatic carbocycles. The van der Waals surface area contributed by atoms with Crippen molar-refractivity contribution in [1.29, 1.82) is 0 Å². The monoisotopic (exact) mass is 511 g/mol. The predicted octanol–water partition coefficient (Wildman–Crippen LogP) is 4.84. The molecule has 0 atom stereocenters. The van der Waals surface area contributed by atoms with Crippen LogP contribution in [0.2, 0.25) is 5.02 Å². The van der Waals surface area contributed by atoms with Crippen molar-refractivity contribution in [2.24, 2.45) is 0 Å². The van der Waals surface area contributed by atoms with Crippen LogP contribution in [-0.2, 0) is 14.8 Å². The van der Waals surface area contributed by atoms with Gasteiger partial charge in [0, 0.05) is 31.7 Å². The van der Waals surface area contributed by atoms with E-state index < -0.39 is 10.0 Å². The number of carbonyl (C=O) groups excluding carboxylic acids is 1. The van der Waals surface area contributed by atoms with Crippen LogP contribution in [0.15, 0.2) is 65.6 Å². The van der Waals surface area contributed by atoms with Gasteiger partial charge in [0.1, 0.15) is 0 Å². The average molecular weight is 512 g/mol. The van der Waals surface area contributed by atoms with Gasteiger partial charge in [-0.2, -0.15) is 4.31 Å². The molecule has 3 rings (SSSR count). The summed E-state index contributed by atoms with van der Waals surface area (Å²) in [4.78, 5) is 14.9. The summed E-state index contributed by atoms with van der Waals surface area (Å²) in [5, 5.41) is 0.553. The second-order valence-electron chi connectivity index (χ2n) is 8.12. The van der Waals surface area contributed by atoms with Gasteiger partial charge in [0.2, 0.25) is 10.0 Å². The van der Waals surface area contributed by atoms with Gasteiger partial charge in [-0.15, -0.1) is 0 Å². The Hall–Kier alpha value is -2.13. The Labute approximate surface area is 210 Å². The van der Waals surface area contributed by atoms with Gasteiger partial charge < -0.3 is 14.5 Å². The zero-order chi connectivity index (χ0) is 25.4. The van der Waals surface area contributed by atoms with Crippen LogP contribution < -0.4 is 0 Å². The summed E-state index contributed by atoms with van der Waals surface area (Å²) in [5.74, 6) is 0. The number of benzene rings is 2. The number of piperidine rings is 1. The lowest BCUT2D eigenvalue weighted by atomic mass is 10.2. The summed E-state index contributed by atoms with van der Waals surface area (Å²) in [6.07, 6.45) is 3.72.